The highest BCUT2D eigenvalue weighted by atomic mass is 32.2. The first-order valence-electron chi connectivity index (χ1n) is 8.21. The summed E-state index contributed by atoms with van der Waals surface area (Å²) in [6, 6.07) is 0.370. The Morgan fingerprint density at radius 1 is 1.22 bits per heavy atom. The van der Waals surface area contributed by atoms with Gasteiger partial charge in [0.1, 0.15) is 15.7 Å². The average Bonchev–Trinajstić information content (AvgIpc) is 2.80. The Bertz CT molecular complexity index is 720. The lowest BCUT2D eigenvalue weighted by Gasteiger charge is -2.22. The van der Waals surface area contributed by atoms with Crippen LogP contribution >= 0.6 is 23.1 Å². The molecule has 0 aliphatic heterocycles. The molecule has 23 heavy (non-hydrogen) atoms. The van der Waals surface area contributed by atoms with Crippen molar-refractivity contribution in [2.24, 2.45) is 0 Å². The standard InChI is InChI=1S/C17H23N3OS2/c1-10-11(2)23-17-15(10)16(18-12(3)19-17)22-9-14(21)20-13-7-5-4-6-8-13/h13H,4-9H2,1-3H3,(H,20,21). The molecular formula is C17H23N3OS2. The monoisotopic (exact) mass is 349 g/mol. The Morgan fingerprint density at radius 3 is 2.70 bits per heavy atom. The van der Waals surface area contributed by atoms with E-state index in [9.17, 15) is 4.79 Å². The highest BCUT2D eigenvalue weighted by Crippen LogP contribution is 2.35. The number of nitrogens with zero attached hydrogens (tertiary/aromatic N) is 2. The molecule has 2 aromatic rings. The van der Waals surface area contributed by atoms with Crippen LogP contribution in [0, 0.1) is 20.8 Å². The lowest BCUT2D eigenvalue weighted by atomic mass is 9.95. The topological polar surface area (TPSA) is 54.9 Å². The second-order valence-electron chi connectivity index (χ2n) is 6.23. The van der Waals surface area contributed by atoms with Gasteiger partial charge in [-0.3, -0.25) is 4.79 Å². The third-order valence-electron chi connectivity index (χ3n) is 4.42. The van der Waals surface area contributed by atoms with Crippen LogP contribution in [0.3, 0.4) is 0 Å². The van der Waals surface area contributed by atoms with E-state index in [1.807, 2.05) is 6.92 Å². The van der Waals surface area contributed by atoms with Crippen LogP contribution < -0.4 is 5.32 Å². The SMILES string of the molecule is Cc1nc(SCC(=O)NC2CCCCC2)c2c(C)c(C)sc2n1. The van der Waals surface area contributed by atoms with E-state index in [1.165, 1.54) is 41.5 Å². The van der Waals surface area contributed by atoms with E-state index in [2.05, 4.69) is 29.1 Å². The van der Waals surface area contributed by atoms with Crippen LogP contribution in [0.1, 0.15) is 48.4 Å². The molecule has 1 aliphatic carbocycles. The van der Waals surface area contributed by atoms with Crippen LogP contribution in [0.5, 0.6) is 0 Å². The zero-order chi connectivity index (χ0) is 16.4. The van der Waals surface area contributed by atoms with E-state index < -0.39 is 0 Å². The number of amides is 1. The molecule has 0 unspecified atom stereocenters. The molecule has 0 spiro atoms. The average molecular weight is 350 g/mol. The van der Waals surface area contributed by atoms with E-state index in [4.69, 9.17) is 0 Å². The molecule has 1 aliphatic rings. The number of nitrogens with one attached hydrogen (secondary N) is 1. The lowest BCUT2D eigenvalue weighted by molar-refractivity contribution is -0.119. The number of aromatic nitrogens is 2. The summed E-state index contributed by atoms with van der Waals surface area (Å²) in [6.45, 7) is 6.14. The molecule has 4 nitrogen and oxygen atoms in total. The van der Waals surface area contributed by atoms with Crippen molar-refractivity contribution in [2.75, 3.05) is 5.75 Å². The number of carbonyl (C=O) groups excluding carboxylic acids is 1. The lowest BCUT2D eigenvalue weighted by Crippen LogP contribution is -2.37. The highest BCUT2D eigenvalue weighted by Gasteiger charge is 2.18. The van der Waals surface area contributed by atoms with Gasteiger partial charge in [0.05, 0.1) is 5.75 Å². The molecule has 1 saturated carbocycles. The number of rotatable bonds is 4. The largest absolute Gasteiger partial charge is 0.353 e. The second kappa shape index (κ2) is 7.18. The summed E-state index contributed by atoms with van der Waals surface area (Å²) >= 11 is 3.24. The molecule has 0 atom stereocenters. The van der Waals surface area contributed by atoms with E-state index >= 15 is 0 Å². The summed E-state index contributed by atoms with van der Waals surface area (Å²) in [5.41, 5.74) is 1.24. The van der Waals surface area contributed by atoms with Crippen molar-refractivity contribution < 1.29 is 4.79 Å². The number of hydrogen-bond acceptors (Lipinski definition) is 5. The van der Waals surface area contributed by atoms with Crippen molar-refractivity contribution in [1.29, 1.82) is 0 Å². The first-order valence-corrected chi connectivity index (χ1v) is 10.0. The molecule has 2 aromatic heterocycles. The van der Waals surface area contributed by atoms with Crippen molar-refractivity contribution >= 4 is 39.2 Å². The first-order chi connectivity index (χ1) is 11.0. The molecule has 6 heteroatoms. The fraction of sp³-hybridized carbons (Fsp3) is 0.588. The maximum Gasteiger partial charge on any atom is 0.230 e. The summed E-state index contributed by atoms with van der Waals surface area (Å²) in [7, 11) is 0. The Labute approximate surface area is 145 Å². The number of fused-ring (bicyclic) bond motifs is 1. The van der Waals surface area contributed by atoms with Gasteiger partial charge in [-0.25, -0.2) is 9.97 Å². The van der Waals surface area contributed by atoms with Gasteiger partial charge < -0.3 is 5.32 Å². The van der Waals surface area contributed by atoms with Gasteiger partial charge in [-0.05, 0) is 39.2 Å². The maximum atomic E-state index is 12.2. The fourth-order valence-corrected chi connectivity index (χ4v) is 5.15. The van der Waals surface area contributed by atoms with Crippen LogP contribution in [0.2, 0.25) is 0 Å². The molecule has 1 amide bonds. The summed E-state index contributed by atoms with van der Waals surface area (Å²) in [4.78, 5) is 23.6. The van der Waals surface area contributed by atoms with Crippen molar-refractivity contribution in [3.63, 3.8) is 0 Å². The third-order valence-corrected chi connectivity index (χ3v) is 6.49. The number of carbonyl (C=O) groups is 1. The van der Waals surface area contributed by atoms with Crippen LogP contribution in [0.4, 0.5) is 0 Å². The molecule has 1 fully saturated rings. The van der Waals surface area contributed by atoms with Gasteiger partial charge in [-0.15, -0.1) is 11.3 Å². The maximum absolute atomic E-state index is 12.2. The van der Waals surface area contributed by atoms with Crippen molar-refractivity contribution in [1.82, 2.24) is 15.3 Å². The van der Waals surface area contributed by atoms with Crippen LogP contribution in [-0.4, -0.2) is 27.7 Å². The van der Waals surface area contributed by atoms with Gasteiger partial charge in [-0.2, -0.15) is 0 Å². The van der Waals surface area contributed by atoms with Gasteiger partial charge in [0.15, 0.2) is 0 Å². The Morgan fingerprint density at radius 2 is 1.96 bits per heavy atom. The van der Waals surface area contributed by atoms with Crippen molar-refractivity contribution in [3.05, 3.63) is 16.3 Å². The quantitative estimate of drug-likeness (QED) is 0.665. The van der Waals surface area contributed by atoms with E-state index in [-0.39, 0.29) is 5.91 Å². The summed E-state index contributed by atoms with van der Waals surface area (Å²) in [6.07, 6.45) is 6.01. The summed E-state index contributed by atoms with van der Waals surface area (Å²) < 4.78 is 0. The van der Waals surface area contributed by atoms with Gasteiger partial charge in [0, 0.05) is 16.3 Å². The van der Waals surface area contributed by atoms with Crippen molar-refractivity contribution in [2.45, 2.75) is 63.9 Å². The third kappa shape index (κ3) is 3.86. The van der Waals surface area contributed by atoms with E-state index in [0.29, 0.717) is 11.8 Å². The Balaban J connectivity index is 1.70. The minimum atomic E-state index is 0.121. The molecular weight excluding hydrogens is 326 g/mol. The molecule has 0 saturated heterocycles. The van der Waals surface area contributed by atoms with Gasteiger partial charge >= 0.3 is 0 Å². The molecule has 124 valence electrons. The van der Waals surface area contributed by atoms with Crippen LogP contribution in [-0.2, 0) is 4.79 Å². The van der Waals surface area contributed by atoms with Crippen molar-refractivity contribution in [3.8, 4) is 0 Å². The van der Waals surface area contributed by atoms with E-state index in [0.717, 1.165) is 33.9 Å². The molecule has 1 N–H and O–H groups in total. The predicted molar refractivity (Wildman–Crippen MR) is 97.4 cm³/mol. The normalized spacial score (nSPS) is 16.0. The number of aryl methyl sites for hydroxylation is 3. The van der Waals surface area contributed by atoms with E-state index in [1.54, 1.807) is 11.3 Å². The Kier molecular flexibility index (Phi) is 5.21. The number of hydrogen-bond donors (Lipinski definition) is 1. The summed E-state index contributed by atoms with van der Waals surface area (Å²) in [5, 5.41) is 5.23. The number of thioether (sulfide) groups is 1. The zero-order valence-corrected chi connectivity index (χ0v) is 15.6. The highest BCUT2D eigenvalue weighted by molar-refractivity contribution is 8.00. The molecule has 0 aromatic carbocycles. The minimum absolute atomic E-state index is 0.121. The Hall–Kier alpha value is -1.14. The smallest absolute Gasteiger partial charge is 0.230 e. The molecule has 3 rings (SSSR count). The number of thiophene rings is 1. The van der Waals surface area contributed by atoms with Crippen LogP contribution in [0.25, 0.3) is 10.2 Å². The summed E-state index contributed by atoms with van der Waals surface area (Å²) in [5.74, 6) is 1.32. The van der Waals surface area contributed by atoms with Gasteiger partial charge in [0.2, 0.25) is 5.91 Å². The van der Waals surface area contributed by atoms with Gasteiger partial charge in [-0.1, -0.05) is 31.0 Å². The second-order valence-corrected chi connectivity index (χ2v) is 8.40. The molecule has 2 heterocycles. The van der Waals surface area contributed by atoms with Gasteiger partial charge in [0.25, 0.3) is 0 Å². The fourth-order valence-electron chi connectivity index (χ4n) is 3.07. The molecule has 0 radical (unpaired) electrons. The zero-order valence-electron chi connectivity index (χ0n) is 13.9. The predicted octanol–water partition coefficient (Wildman–Crippen LogP) is 4.16. The van der Waals surface area contributed by atoms with Crippen LogP contribution in [0.15, 0.2) is 5.03 Å². The minimum Gasteiger partial charge on any atom is -0.353 e. The first kappa shape index (κ1) is 16.7. The molecule has 0 bridgehead atoms.